The van der Waals surface area contributed by atoms with Crippen LogP contribution in [0.25, 0.3) is 82.4 Å². The minimum atomic E-state index is 1.10. The quantitative estimate of drug-likeness (QED) is 0.148. The number of anilines is 3. The number of para-hydroxylation sites is 3. The van der Waals surface area contributed by atoms with Gasteiger partial charge in [-0.1, -0.05) is 158 Å². The minimum absolute atomic E-state index is 1.10. The summed E-state index contributed by atoms with van der Waals surface area (Å²) >= 11 is 0. The summed E-state index contributed by atoms with van der Waals surface area (Å²) in [6.45, 7) is 0. The van der Waals surface area contributed by atoms with E-state index < -0.39 is 0 Å². The highest BCUT2D eigenvalue weighted by Crippen LogP contribution is 2.40. The average molecular weight is 739 g/mol. The zero-order valence-corrected chi connectivity index (χ0v) is 31.8. The molecule has 11 rings (SSSR count). The standard InChI is InChI=1S/C56H38N2/c1-3-13-39(14-4-1)40-25-30-48(31-26-40)57(47-16-5-2-6-17-47)49-32-27-41(28-33-49)45-36-46(43-29-34-52-44(35-43)24-23-42-15-7-8-18-51(42)52)38-50(37-45)58-55-21-11-9-19-53(55)54-20-10-12-22-56(54)58/h1-38H. The Kier molecular flexibility index (Phi) is 8.19. The van der Waals surface area contributed by atoms with E-state index in [0.717, 1.165) is 33.9 Å². The first-order valence-corrected chi connectivity index (χ1v) is 19.9. The van der Waals surface area contributed by atoms with Crippen LogP contribution in [-0.2, 0) is 0 Å². The SMILES string of the molecule is c1ccc(-c2ccc(N(c3ccccc3)c3ccc(-c4cc(-c5ccc6c(ccc7ccccc76)c5)cc(-n5c6ccccc6c6ccccc65)c4)cc3)cc2)cc1. The maximum Gasteiger partial charge on any atom is 0.0541 e. The maximum absolute atomic E-state index is 2.43. The van der Waals surface area contributed by atoms with Gasteiger partial charge in [0.15, 0.2) is 0 Å². The molecule has 0 spiro atoms. The van der Waals surface area contributed by atoms with Gasteiger partial charge < -0.3 is 9.47 Å². The third-order valence-corrected chi connectivity index (χ3v) is 11.5. The van der Waals surface area contributed by atoms with Crippen LogP contribution in [0.5, 0.6) is 0 Å². The van der Waals surface area contributed by atoms with Crippen molar-refractivity contribution in [3.63, 3.8) is 0 Å². The zero-order valence-electron chi connectivity index (χ0n) is 31.8. The molecule has 0 aliphatic heterocycles. The van der Waals surface area contributed by atoms with Gasteiger partial charge in [-0.05, 0) is 128 Å². The van der Waals surface area contributed by atoms with E-state index in [1.165, 1.54) is 65.6 Å². The number of rotatable bonds is 7. The molecular weight excluding hydrogens is 701 g/mol. The second-order valence-corrected chi connectivity index (χ2v) is 15.0. The molecule has 58 heavy (non-hydrogen) atoms. The smallest absolute Gasteiger partial charge is 0.0541 e. The van der Waals surface area contributed by atoms with E-state index in [0.29, 0.717) is 0 Å². The van der Waals surface area contributed by atoms with Crippen molar-refractivity contribution in [2.45, 2.75) is 0 Å². The van der Waals surface area contributed by atoms with Crippen molar-refractivity contribution in [1.29, 1.82) is 0 Å². The molecule has 0 radical (unpaired) electrons. The Hall–Kier alpha value is -7.68. The van der Waals surface area contributed by atoms with Crippen LogP contribution in [0.15, 0.2) is 231 Å². The van der Waals surface area contributed by atoms with Crippen molar-refractivity contribution in [3.8, 4) is 39.1 Å². The van der Waals surface area contributed by atoms with Crippen molar-refractivity contribution in [2.75, 3.05) is 4.90 Å². The lowest BCUT2D eigenvalue weighted by Crippen LogP contribution is -2.09. The first kappa shape index (κ1) is 33.6. The summed E-state index contributed by atoms with van der Waals surface area (Å²) in [6, 6.07) is 83.7. The molecule has 0 aliphatic carbocycles. The molecule has 11 aromatic rings. The van der Waals surface area contributed by atoms with Crippen LogP contribution in [0.1, 0.15) is 0 Å². The predicted molar refractivity (Wildman–Crippen MR) is 247 cm³/mol. The first-order valence-electron chi connectivity index (χ1n) is 19.9. The molecule has 0 fully saturated rings. The van der Waals surface area contributed by atoms with Gasteiger partial charge in [-0.25, -0.2) is 0 Å². The van der Waals surface area contributed by atoms with E-state index >= 15 is 0 Å². The van der Waals surface area contributed by atoms with Crippen LogP contribution in [-0.4, -0.2) is 4.57 Å². The summed E-state index contributed by atoms with van der Waals surface area (Å²) in [5.41, 5.74) is 14.0. The fourth-order valence-electron chi connectivity index (χ4n) is 8.73. The molecule has 0 amide bonds. The van der Waals surface area contributed by atoms with E-state index in [2.05, 4.69) is 240 Å². The molecule has 1 aromatic heterocycles. The van der Waals surface area contributed by atoms with Gasteiger partial charge in [-0.3, -0.25) is 0 Å². The molecule has 0 bridgehead atoms. The van der Waals surface area contributed by atoms with Gasteiger partial charge in [-0.2, -0.15) is 0 Å². The van der Waals surface area contributed by atoms with Crippen molar-refractivity contribution < 1.29 is 0 Å². The van der Waals surface area contributed by atoms with Crippen LogP contribution < -0.4 is 4.90 Å². The van der Waals surface area contributed by atoms with Gasteiger partial charge >= 0.3 is 0 Å². The average Bonchev–Trinajstić information content (AvgIpc) is 3.64. The van der Waals surface area contributed by atoms with E-state index in [4.69, 9.17) is 0 Å². The molecule has 0 atom stereocenters. The summed E-state index contributed by atoms with van der Waals surface area (Å²) in [4.78, 5) is 2.33. The minimum Gasteiger partial charge on any atom is -0.311 e. The topological polar surface area (TPSA) is 8.17 Å². The van der Waals surface area contributed by atoms with E-state index in [9.17, 15) is 0 Å². The van der Waals surface area contributed by atoms with Crippen LogP contribution in [0.3, 0.4) is 0 Å². The lowest BCUT2D eigenvalue weighted by Gasteiger charge is -2.26. The van der Waals surface area contributed by atoms with Crippen molar-refractivity contribution >= 4 is 60.4 Å². The molecule has 1 heterocycles. The fraction of sp³-hybridized carbons (Fsp3) is 0. The molecular formula is C56H38N2. The number of nitrogens with zero attached hydrogens (tertiary/aromatic N) is 2. The molecule has 10 aromatic carbocycles. The van der Waals surface area contributed by atoms with Gasteiger partial charge in [0.1, 0.15) is 0 Å². The monoisotopic (exact) mass is 738 g/mol. The van der Waals surface area contributed by atoms with Crippen LogP contribution in [0.4, 0.5) is 17.1 Å². The second kappa shape index (κ2) is 14.1. The lowest BCUT2D eigenvalue weighted by atomic mass is 9.94. The normalized spacial score (nSPS) is 11.4. The van der Waals surface area contributed by atoms with Crippen LogP contribution in [0.2, 0.25) is 0 Å². The summed E-state index contributed by atoms with van der Waals surface area (Å²) in [6.07, 6.45) is 0. The molecule has 0 unspecified atom stereocenters. The van der Waals surface area contributed by atoms with Crippen LogP contribution in [0, 0.1) is 0 Å². The maximum atomic E-state index is 2.43. The zero-order chi connectivity index (χ0) is 38.4. The number of benzene rings is 10. The Morgan fingerprint density at radius 3 is 1.36 bits per heavy atom. The molecule has 0 saturated heterocycles. The van der Waals surface area contributed by atoms with Gasteiger partial charge in [-0.15, -0.1) is 0 Å². The fourth-order valence-corrected chi connectivity index (χ4v) is 8.73. The number of fused-ring (bicyclic) bond motifs is 6. The highest BCUT2D eigenvalue weighted by atomic mass is 15.1. The van der Waals surface area contributed by atoms with Crippen molar-refractivity contribution in [3.05, 3.63) is 231 Å². The molecule has 0 N–H and O–H groups in total. The summed E-state index contributed by atoms with van der Waals surface area (Å²) in [5, 5.41) is 7.56. The summed E-state index contributed by atoms with van der Waals surface area (Å²) in [5.74, 6) is 0. The van der Waals surface area contributed by atoms with Crippen LogP contribution >= 0.6 is 0 Å². The molecule has 2 nitrogen and oxygen atoms in total. The second-order valence-electron chi connectivity index (χ2n) is 15.0. The highest BCUT2D eigenvalue weighted by Gasteiger charge is 2.17. The van der Waals surface area contributed by atoms with E-state index in [-0.39, 0.29) is 0 Å². The largest absolute Gasteiger partial charge is 0.311 e. The van der Waals surface area contributed by atoms with Crippen molar-refractivity contribution in [1.82, 2.24) is 4.57 Å². The van der Waals surface area contributed by atoms with Gasteiger partial charge in [0.2, 0.25) is 0 Å². The Bertz CT molecular complexity index is 3200. The summed E-state index contributed by atoms with van der Waals surface area (Å²) in [7, 11) is 0. The Balaban J connectivity index is 1.05. The lowest BCUT2D eigenvalue weighted by molar-refractivity contribution is 1.18. The van der Waals surface area contributed by atoms with Gasteiger partial charge in [0.05, 0.1) is 11.0 Å². The summed E-state index contributed by atoms with van der Waals surface area (Å²) < 4.78 is 2.43. The Labute approximate surface area is 338 Å². The highest BCUT2D eigenvalue weighted by molar-refractivity contribution is 6.10. The van der Waals surface area contributed by atoms with E-state index in [1.807, 2.05) is 0 Å². The predicted octanol–water partition coefficient (Wildman–Crippen LogP) is 15.6. The van der Waals surface area contributed by atoms with Crippen molar-refractivity contribution in [2.24, 2.45) is 0 Å². The Morgan fingerprint density at radius 2 is 0.707 bits per heavy atom. The molecule has 0 aliphatic rings. The molecule has 272 valence electrons. The Morgan fingerprint density at radius 1 is 0.259 bits per heavy atom. The first-order chi connectivity index (χ1) is 28.7. The third kappa shape index (κ3) is 5.91. The van der Waals surface area contributed by atoms with Gasteiger partial charge in [0, 0.05) is 33.5 Å². The van der Waals surface area contributed by atoms with E-state index in [1.54, 1.807) is 0 Å². The molecule has 2 heteroatoms. The van der Waals surface area contributed by atoms with Gasteiger partial charge in [0.25, 0.3) is 0 Å². The number of hydrogen-bond donors (Lipinski definition) is 0. The number of hydrogen-bond acceptors (Lipinski definition) is 1. The third-order valence-electron chi connectivity index (χ3n) is 11.5. The number of aromatic nitrogens is 1. The molecule has 0 saturated carbocycles.